The van der Waals surface area contributed by atoms with E-state index in [1.54, 1.807) is 0 Å². The second-order valence-electron chi connectivity index (χ2n) is 3.66. The molecule has 0 bridgehead atoms. The normalized spacial score (nSPS) is 14.3. The van der Waals surface area contributed by atoms with E-state index in [0.29, 0.717) is 5.56 Å². The Bertz CT molecular complexity index is 403. The number of phenolic OH excluding ortho intramolecular Hbond substituents is 1. The molecular weight excluding hydrogens is 228 g/mol. The van der Waals surface area contributed by atoms with E-state index >= 15 is 0 Å². The SMILES string of the molecule is O=C(O)Cc1ccc(O)c(C(O)C(O)CO)c1. The van der Waals surface area contributed by atoms with Crippen molar-refractivity contribution >= 4 is 5.97 Å². The molecule has 0 saturated carbocycles. The zero-order valence-electron chi connectivity index (χ0n) is 8.95. The molecule has 0 heterocycles. The molecule has 0 amide bonds. The van der Waals surface area contributed by atoms with Crippen molar-refractivity contribution in [3.63, 3.8) is 0 Å². The Morgan fingerprint density at radius 3 is 2.47 bits per heavy atom. The molecule has 6 heteroatoms. The third-order valence-corrected chi connectivity index (χ3v) is 2.32. The highest BCUT2D eigenvalue weighted by atomic mass is 16.4. The molecule has 1 aromatic rings. The molecule has 0 aliphatic rings. The van der Waals surface area contributed by atoms with Crippen LogP contribution in [0, 0.1) is 0 Å². The van der Waals surface area contributed by atoms with Gasteiger partial charge in [-0.05, 0) is 17.7 Å². The summed E-state index contributed by atoms with van der Waals surface area (Å²) in [5.41, 5.74) is 0.375. The third kappa shape index (κ3) is 3.42. The first kappa shape index (κ1) is 13.4. The summed E-state index contributed by atoms with van der Waals surface area (Å²) in [6, 6.07) is 3.93. The van der Waals surface area contributed by atoms with Crippen molar-refractivity contribution in [3.05, 3.63) is 29.3 Å². The van der Waals surface area contributed by atoms with E-state index in [9.17, 15) is 20.1 Å². The van der Waals surface area contributed by atoms with E-state index < -0.39 is 24.8 Å². The Kier molecular flexibility index (Phi) is 4.45. The van der Waals surface area contributed by atoms with Crippen LogP contribution >= 0.6 is 0 Å². The van der Waals surface area contributed by atoms with Crippen LogP contribution in [-0.2, 0) is 11.2 Å². The number of carboxylic acids is 1. The van der Waals surface area contributed by atoms with E-state index in [1.807, 2.05) is 0 Å². The second-order valence-corrected chi connectivity index (χ2v) is 3.66. The first-order chi connectivity index (χ1) is 7.95. The lowest BCUT2D eigenvalue weighted by atomic mass is 10.00. The number of aliphatic carboxylic acids is 1. The zero-order chi connectivity index (χ0) is 13.0. The fourth-order valence-electron chi connectivity index (χ4n) is 1.43. The fraction of sp³-hybridized carbons (Fsp3) is 0.364. The number of aromatic hydroxyl groups is 1. The number of benzene rings is 1. The Hall–Kier alpha value is -1.63. The number of carboxylic acid groups (broad SMARTS) is 1. The standard InChI is InChI=1S/C11H14O6/c12-5-9(14)11(17)7-3-6(4-10(15)16)1-2-8(7)13/h1-3,9,11-14,17H,4-5H2,(H,15,16). The van der Waals surface area contributed by atoms with Gasteiger partial charge in [0.25, 0.3) is 0 Å². The number of aliphatic hydroxyl groups excluding tert-OH is 3. The van der Waals surface area contributed by atoms with Gasteiger partial charge in [-0.15, -0.1) is 0 Å². The van der Waals surface area contributed by atoms with E-state index in [0.717, 1.165) is 0 Å². The van der Waals surface area contributed by atoms with Crippen LogP contribution in [-0.4, -0.2) is 44.2 Å². The maximum atomic E-state index is 10.5. The van der Waals surface area contributed by atoms with Crippen molar-refractivity contribution in [2.75, 3.05) is 6.61 Å². The molecule has 0 fully saturated rings. The minimum absolute atomic E-state index is 0.00898. The minimum Gasteiger partial charge on any atom is -0.508 e. The van der Waals surface area contributed by atoms with Gasteiger partial charge < -0.3 is 25.5 Å². The Morgan fingerprint density at radius 1 is 1.29 bits per heavy atom. The third-order valence-electron chi connectivity index (χ3n) is 2.32. The maximum absolute atomic E-state index is 10.5. The molecule has 0 radical (unpaired) electrons. The number of rotatable bonds is 5. The van der Waals surface area contributed by atoms with Gasteiger partial charge in [0.2, 0.25) is 0 Å². The highest BCUT2D eigenvalue weighted by Gasteiger charge is 2.21. The Morgan fingerprint density at radius 2 is 1.94 bits per heavy atom. The average molecular weight is 242 g/mol. The molecule has 0 spiro atoms. The second kappa shape index (κ2) is 5.62. The summed E-state index contributed by atoms with van der Waals surface area (Å²) in [5, 5.41) is 45.6. The largest absolute Gasteiger partial charge is 0.508 e. The first-order valence-corrected chi connectivity index (χ1v) is 4.96. The summed E-state index contributed by atoms with van der Waals surface area (Å²) in [6.45, 7) is -0.663. The molecule has 1 aromatic carbocycles. The van der Waals surface area contributed by atoms with Gasteiger partial charge in [0.1, 0.15) is 18.0 Å². The van der Waals surface area contributed by atoms with E-state index in [4.69, 9.17) is 10.2 Å². The molecular formula is C11H14O6. The van der Waals surface area contributed by atoms with Crippen LogP contribution in [0.4, 0.5) is 0 Å². The van der Waals surface area contributed by atoms with Crippen molar-refractivity contribution < 1.29 is 30.3 Å². The van der Waals surface area contributed by atoms with Crippen LogP contribution in [0.1, 0.15) is 17.2 Å². The summed E-state index contributed by atoms with van der Waals surface area (Å²) in [5.74, 6) is -1.31. The van der Waals surface area contributed by atoms with E-state index in [-0.39, 0.29) is 17.7 Å². The van der Waals surface area contributed by atoms with Gasteiger partial charge >= 0.3 is 5.97 Å². The summed E-state index contributed by atoms with van der Waals surface area (Å²) >= 11 is 0. The maximum Gasteiger partial charge on any atom is 0.307 e. The van der Waals surface area contributed by atoms with Gasteiger partial charge in [0.15, 0.2) is 0 Å². The number of carbonyl (C=O) groups is 1. The molecule has 2 atom stereocenters. The highest BCUT2D eigenvalue weighted by Crippen LogP contribution is 2.27. The number of aliphatic hydroxyl groups is 3. The van der Waals surface area contributed by atoms with Crippen molar-refractivity contribution in [1.82, 2.24) is 0 Å². The lowest BCUT2D eigenvalue weighted by Crippen LogP contribution is -2.22. The zero-order valence-corrected chi connectivity index (χ0v) is 8.95. The fourth-order valence-corrected chi connectivity index (χ4v) is 1.43. The predicted molar refractivity (Wildman–Crippen MR) is 57.5 cm³/mol. The predicted octanol–water partition coefficient (Wildman–Crippen LogP) is -0.594. The van der Waals surface area contributed by atoms with Gasteiger partial charge in [-0.2, -0.15) is 0 Å². The van der Waals surface area contributed by atoms with Crippen molar-refractivity contribution in [2.45, 2.75) is 18.6 Å². The first-order valence-electron chi connectivity index (χ1n) is 4.96. The Balaban J connectivity index is 3.01. The summed E-state index contributed by atoms with van der Waals surface area (Å²) in [4.78, 5) is 10.5. The smallest absolute Gasteiger partial charge is 0.307 e. The Labute approximate surface area is 97.4 Å². The van der Waals surface area contributed by atoms with Crippen LogP contribution in [0.2, 0.25) is 0 Å². The summed E-state index contributed by atoms with van der Waals surface area (Å²) < 4.78 is 0. The summed E-state index contributed by atoms with van der Waals surface area (Å²) in [6.07, 6.45) is -3.15. The van der Waals surface area contributed by atoms with Gasteiger partial charge in [-0.3, -0.25) is 4.79 Å². The topological polar surface area (TPSA) is 118 Å². The molecule has 94 valence electrons. The van der Waals surface area contributed by atoms with Crippen LogP contribution < -0.4 is 0 Å². The number of hydrogen-bond acceptors (Lipinski definition) is 5. The molecule has 0 aliphatic heterocycles. The quantitative estimate of drug-likeness (QED) is 0.471. The minimum atomic E-state index is -1.46. The molecule has 17 heavy (non-hydrogen) atoms. The lowest BCUT2D eigenvalue weighted by Gasteiger charge is -2.17. The lowest BCUT2D eigenvalue weighted by molar-refractivity contribution is -0.136. The van der Waals surface area contributed by atoms with Gasteiger partial charge in [-0.25, -0.2) is 0 Å². The van der Waals surface area contributed by atoms with Crippen LogP contribution in [0.25, 0.3) is 0 Å². The van der Waals surface area contributed by atoms with Crippen LogP contribution in [0.5, 0.6) is 5.75 Å². The van der Waals surface area contributed by atoms with Crippen molar-refractivity contribution in [3.8, 4) is 5.75 Å². The van der Waals surface area contributed by atoms with Crippen LogP contribution in [0.15, 0.2) is 18.2 Å². The van der Waals surface area contributed by atoms with Crippen LogP contribution in [0.3, 0.4) is 0 Å². The molecule has 6 nitrogen and oxygen atoms in total. The molecule has 5 N–H and O–H groups in total. The summed E-state index contributed by atoms with van der Waals surface area (Å²) in [7, 11) is 0. The van der Waals surface area contributed by atoms with Crippen molar-refractivity contribution in [2.24, 2.45) is 0 Å². The molecule has 2 unspecified atom stereocenters. The number of phenols is 1. The number of hydrogen-bond donors (Lipinski definition) is 5. The average Bonchev–Trinajstić information content (AvgIpc) is 2.29. The monoisotopic (exact) mass is 242 g/mol. The molecule has 0 aromatic heterocycles. The van der Waals surface area contributed by atoms with Gasteiger partial charge in [-0.1, -0.05) is 6.07 Å². The van der Waals surface area contributed by atoms with E-state index in [2.05, 4.69) is 0 Å². The van der Waals surface area contributed by atoms with E-state index in [1.165, 1.54) is 18.2 Å². The van der Waals surface area contributed by atoms with Crippen molar-refractivity contribution in [1.29, 1.82) is 0 Å². The molecule has 0 saturated heterocycles. The van der Waals surface area contributed by atoms with Gasteiger partial charge in [0, 0.05) is 5.56 Å². The molecule has 0 aliphatic carbocycles. The molecule has 1 rings (SSSR count). The van der Waals surface area contributed by atoms with Gasteiger partial charge in [0.05, 0.1) is 13.0 Å². The highest BCUT2D eigenvalue weighted by molar-refractivity contribution is 5.70.